The van der Waals surface area contributed by atoms with Crippen LogP contribution in [-0.2, 0) is 56.0 Å². The molecule has 0 spiro atoms. The Kier molecular flexibility index (Phi) is 15.4. The summed E-state index contributed by atoms with van der Waals surface area (Å²) in [5, 5.41) is 33.2. The van der Waals surface area contributed by atoms with Crippen LogP contribution in [0.15, 0.2) is 92.2 Å². The summed E-state index contributed by atoms with van der Waals surface area (Å²) in [6.45, 7) is 6.83. The SMILES string of the molecule is CC1(C)/C(=C\C=C2/CCCC(/C=C/C3N(CCCS(=O)(=O)O)c4cccc(S(=O)(=O)O)c4C3(C)C)=C2SC(=O)NC2C(O)OCC(O)C2O)N(CCCS(=O)(=O)O)c2ccc(S(=O)(=O)O)cc21. The van der Waals surface area contributed by atoms with Gasteiger partial charge in [-0.2, -0.15) is 33.7 Å². The van der Waals surface area contributed by atoms with Crippen LogP contribution in [0.5, 0.6) is 0 Å². The van der Waals surface area contributed by atoms with E-state index in [2.05, 4.69) is 5.32 Å². The first kappa shape index (κ1) is 52.7. The van der Waals surface area contributed by atoms with E-state index in [0.29, 0.717) is 57.9 Å². The lowest BCUT2D eigenvalue weighted by molar-refractivity contribution is -0.209. The Hall–Kier alpha value is -3.70. The number of aliphatic hydroxyl groups excluding tert-OH is 3. The molecule has 8 N–H and O–H groups in total. The van der Waals surface area contributed by atoms with Gasteiger partial charge in [0.2, 0.25) is 0 Å². The number of allylic oxidation sites excluding steroid dienone is 6. The molecule has 5 atom stereocenters. The Morgan fingerprint density at radius 3 is 2.13 bits per heavy atom. The fraction of sp³-hybridized carbons (Fsp3) is 0.500. The lowest BCUT2D eigenvalue weighted by Crippen LogP contribution is -2.59. The molecule has 0 radical (unpaired) electrons. The van der Waals surface area contributed by atoms with Gasteiger partial charge in [0, 0.05) is 51.5 Å². The lowest BCUT2D eigenvalue weighted by Gasteiger charge is -2.36. The second-order valence-corrected chi connectivity index (χ2v) is 24.8. The van der Waals surface area contributed by atoms with Crippen molar-refractivity contribution in [2.24, 2.45) is 0 Å². The van der Waals surface area contributed by atoms with Gasteiger partial charge in [-0.15, -0.1) is 0 Å². The van der Waals surface area contributed by atoms with Gasteiger partial charge in [-0.25, -0.2) is 0 Å². The first-order valence-corrected chi connectivity index (χ1v) is 28.0. The molecule has 1 fully saturated rings. The molecule has 0 saturated carbocycles. The second kappa shape index (κ2) is 19.6. The molecule has 20 nitrogen and oxygen atoms in total. The standard InChI is InChI=1S/C42H55N3O17S5/c1-41(2)28-23-27(66(56,57)58)15-16-29(28)44(19-7-21-64(50,51)52)33(41)17-13-25-9-5-10-26(38(25)63-40(49)43-36-37(47)31(46)24-62-39(36)48)14-18-34-42(3,4)35-30(11-6-12-32(35)67(59,60)61)45(34)20-8-22-65(53,54)55/h6,11-18,23,31,34,36-37,39,46-48H,5,7-10,19-22,24H2,1-4H3,(H,43,49)(H,50,51,52)(H,53,54,55)(H,56,57,58)(H,59,60,61)/b18-14+,25-13+,33-17+. The molecule has 3 aliphatic heterocycles. The maximum absolute atomic E-state index is 13.9. The van der Waals surface area contributed by atoms with Gasteiger partial charge < -0.3 is 35.2 Å². The second-order valence-electron chi connectivity index (χ2n) is 17.8. The molecule has 370 valence electrons. The molecule has 25 heteroatoms. The number of carbonyl (C=O) groups is 1. The number of carbonyl (C=O) groups excluding carboxylic acids is 1. The van der Waals surface area contributed by atoms with Crippen LogP contribution in [0.1, 0.15) is 70.9 Å². The Morgan fingerprint density at radius 1 is 0.851 bits per heavy atom. The van der Waals surface area contributed by atoms with Gasteiger partial charge in [-0.1, -0.05) is 52.0 Å². The Morgan fingerprint density at radius 2 is 1.51 bits per heavy atom. The van der Waals surface area contributed by atoms with E-state index in [0.717, 1.165) is 11.8 Å². The van der Waals surface area contributed by atoms with Gasteiger partial charge in [-0.05, 0) is 97.0 Å². The first-order chi connectivity index (χ1) is 30.9. The number of hydrogen-bond acceptors (Lipinski definition) is 16. The number of fused-ring (bicyclic) bond motifs is 2. The molecule has 3 heterocycles. The van der Waals surface area contributed by atoms with Crippen LogP contribution in [0.4, 0.5) is 16.2 Å². The molecule has 1 aliphatic carbocycles. The van der Waals surface area contributed by atoms with Crippen molar-refractivity contribution in [3.8, 4) is 0 Å². The highest BCUT2D eigenvalue weighted by Crippen LogP contribution is 2.51. The number of amides is 1. The topological polar surface area (TPSA) is 323 Å². The number of nitrogens with zero attached hydrogens (tertiary/aromatic N) is 2. The van der Waals surface area contributed by atoms with E-state index in [1.807, 2.05) is 0 Å². The van der Waals surface area contributed by atoms with Crippen molar-refractivity contribution in [1.82, 2.24) is 5.32 Å². The Labute approximate surface area is 394 Å². The van der Waals surface area contributed by atoms with Crippen molar-refractivity contribution in [2.75, 3.05) is 41.0 Å². The van der Waals surface area contributed by atoms with Crippen LogP contribution in [0.2, 0.25) is 0 Å². The van der Waals surface area contributed by atoms with Crippen molar-refractivity contribution in [3.05, 3.63) is 93.6 Å². The van der Waals surface area contributed by atoms with Crippen molar-refractivity contribution in [2.45, 2.75) is 111 Å². The highest BCUT2D eigenvalue weighted by atomic mass is 32.2. The molecule has 67 heavy (non-hydrogen) atoms. The summed E-state index contributed by atoms with van der Waals surface area (Å²) in [7, 11) is -18.1. The van der Waals surface area contributed by atoms with Gasteiger partial charge in [0.05, 0.1) is 33.9 Å². The number of nitrogens with one attached hydrogen (secondary N) is 1. The minimum atomic E-state index is -4.74. The fourth-order valence-electron chi connectivity index (χ4n) is 9.25. The maximum Gasteiger partial charge on any atom is 0.294 e. The smallest absolute Gasteiger partial charge is 0.294 e. The molecule has 2 aromatic rings. The average molecular weight is 1030 g/mol. The summed E-state index contributed by atoms with van der Waals surface area (Å²) in [6.07, 6.45) is 3.60. The number of aliphatic hydroxyl groups is 3. The zero-order valence-electron chi connectivity index (χ0n) is 36.9. The summed E-state index contributed by atoms with van der Waals surface area (Å²) in [4.78, 5) is 17.2. The fourth-order valence-corrected chi connectivity index (χ4v) is 12.6. The Balaban J connectivity index is 1.47. The largest absolute Gasteiger partial charge is 0.388 e. The van der Waals surface area contributed by atoms with Crippen molar-refractivity contribution in [3.63, 3.8) is 0 Å². The lowest BCUT2D eigenvalue weighted by atomic mass is 9.80. The molecule has 0 bridgehead atoms. The quantitative estimate of drug-likeness (QED) is 0.118. The molecule has 4 aliphatic rings. The molecule has 1 amide bonds. The minimum Gasteiger partial charge on any atom is -0.388 e. The van der Waals surface area contributed by atoms with E-state index < -0.39 is 98.6 Å². The van der Waals surface area contributed by atoms with Gasteiger partial charge in [0.1, 0.15) is 18.2 Å². The van der Waals surface area contributed by atoms with Crippen LogP contribution < -0.4 is 15.1 Å². The highest BCUT2D eigenvalue weighted by molar-refractivity contribution is 8.17. The van der Waals surface area contributed by atoms with Crippen LogP contribution in [-0.4, -0.2) is 134 Å². The van der Waals surface area contributed by atoms with Gasteiger partial charge in [0.25, 0.3) is 45.7 Å². The molecule has 5 unspecified atom stereocenters. The van der Waals surface area contributed by atoms with E-state index in [1.54, 1.807) is 67.9 Å². The number of benzene rings is 2. The zero-order valence-corrected chi connectivity index (χ0v) is 41.0. The zero-order chi connectivity index (χ0) is 49.7. The van der Waals surface area contributed by atoms with Crippen LogP contribution in [0.25, 0.3) is 0 Å². The van der Waals surface area contributed by atoms with Crippen LogP contribution >= 0.6 is 11.8 Å². The predicted molar refractivity (Wildman–Crippen MR) is 249 cm³/mol. The van der Waals surface area contributed by atoms with Crippen molar-refractivity contribution >= 4 is 68.8 Å². The normalized spacial score (nSPS) is 25.6. The minimum absolute atomic E-state index is 0.0321. The molecule has 2 aromatic carbocycles. The van der Waals surface area contributed by atoms with Crippen molar-refractivity contribution < 1.29 is 76.7 Å². The van der Waals surface area contributed by atoms with Gasteiger partial charge in [-0.3, -0.25) is 23.0 Å². The van der Waals surface area contributed by atoms with E-state index in [1.165, 1.54) is 30.3 Å². The van der Waals surface area contributed by atoms with Gasteiger partial charge >= 0.3 is 0 Å². The molecule has 1 saturated heterocycles. The number of thioether (sulfide) groups is 1. The highest BCUT2D eigenvalue weighted by Gasteiger charge is 2.47. The number of hydrogen-bond donors (Lipinski definition) is 8. The number of anilines is 2. The van der Waals surface area contributed by atoms with E-state index in [4.69, 9.17) is 4.74 Å². The maximum atomic E-state index is 13.9. The van der Waals surface area contributed by atoms with Crippen LogP contribution in [0, 0.1) is 0 Å². The third-order valence-electron chi connectivity index (χ3n) is 12.4. The third-order valence-corrected chi connectivity index (χ3v) is 16.8. The predicted octanol–water partition coefficient (Wildman–Crippen LogP) is 3.69. The van der Waals surface area contributed by atoms with Crippen molar-refractivity contribution in [1.29, 1.82) is 0 Å². The van der Waals surface area contributed by atoms with Crippen LogP contribution in [0.3, 0.4) is 0 Å². The summed E-state index contributed by atoms with van der Waals surface area (Å²) in [6, 6.07) is 6.26. The summed E-state index contributed by atoms with van der Waals surface area (Å²) >= 11 is 0.719. The monoisotopic (exact) mass is 1030 g/mol. The number of rotatable bonds is 15. The van der Waals surface area contributed by atoms with E-state index in [-0.39, 0.29) is 47.9 Å². The van der Waals surface area contributed by atoms with Gasteiger partial charge in [0.15, 0.2) is 6.29 Å². The van der Waals surface area contributed by atoms with E-state index >= 15 is 0 Å². The summed E-state index contributed by atoms with van der Waals surface area (Å²) in [5.74, 6) is -1.16. The first-order valence-electron chi connectivity index (χ1n) is 21.1. The summed E-state index contributed by atoms with van der Waals surface area (Å²) < 4.78 is 141. The third kappa shape index (κ3) is 11.8. The molecular formula is C42H55N3O17S5. The molecular weight excluding hydrogens is 979 g/mol. The van der Waals surface area contributed by atoms with E-state index in [9.17, 15) is 72.0 Å². The average Bonchev–Trinajstić information content (AvgIpc) is 3.55. The molecule has 0 aromatic heterocycles. The Bertz CT molecular complexity index is 2860. The number of ether oxygens (including phenoxy) is 1. The molecule has 6 rings (SSSR count). The summed E-state index contributed by atoms with van der Waals surface area (Å²) in [5.41, 5.74) is 1.45.